The van der Waals surface area contributed by atoms with Crippen LogP contribution in [0.4, 0.5) is 0 Å². The summed E-state index contributed by atoms with van der Waals surface area (Å²) in [6.45, 7) is 8.26. The molecule has 1 aromatic carbocycles. The first-order valence-corrected chi connectivity index (χ1v) is 10.2. The lowest BCUT2D eigenvalue weighted by Gasteiger charge is -2.29. The van der Waals surface area contributed by atoms with Crippen molar-refractivity contribution in [1.29, 1.82) is 0 Å². The molecule has 2 aromatic rings. The molecule has 1 saturated carbocycles. The van der Waals surface area contributed by atoms with Gasteiger partial charge in [-0.1, -0.05) is 30.3 Å². The Morgan fingerprint density at radius 2 is 1.85 bits per heavy atom. The summed E-state index contributed by atoms with van der Waals surface area (Å²) >= 11 is 0. The Labute approximate surface area is 162 Å². The zero-order valence-corrected chi connectivity index (χ0v) is 16.8. The summed E-state index contributed by atoms with van der Waals surface area (Å²) in [6.07, 6.45) is 5.09. The molecule has 0 spiro atoms. The molecule has 1 aromatic heterocycles. The van der Waals surface area contributed by atoms with E-state index in [1.807, 2.05) is 13.8 Å². The van der Waals surface area contributed by atoms with Crippen LogP contribution >= 0.6 is 0 Å². The molecule has 2 N–H and O–H groups in total. The van der Waals surface area contributed by atoms with Gasteiger partial charge >= 0.3 is 0 Å². The number of benzene rings is 1. The quantitative estimate of drug-likeness (QED) is 0.589. The van der Waals surface area contributed by atoms with E-state index in [4.69, 9.17) is 4.42 Å². The Morgan fingerprint density at radius 3 is 2.48 bits per heavy atom. The molecule has 3 rings (SSSR count). The van der Waals surface area contributed by atoms with Gasteiger partial charge < -0.3 is 15.1 Å². The summed E-state index contributed by atoms with van der Waals surface area (Å²) < 4.78 is 5.62. The van der Waals surface area contributed by atoms with Crippen LogP contribution < -0.4 is 10.6 Å². The van der Waals surface area contributed by atoms with Gasteiger partial charge in [0.1, 0.15) is 12.3 Å². The molecule has 1 aliphatic rings. The number of hydrogen-bond donors (Lipinski definition) is 2. The van der Waals surface area contributed by atoms with Gasteiger partial charge in [-0.05, 0) is 63.9 Å². The molecular weight excluding hydrogens is 336 g/mol. The van der Waals surface area contributed by atoms with Crippen LogP contribution in [0, 0.1) is 19.8 Å². The Bertz CT molecular complexity index is 711. The van der Waals surface area contributed by atoms with Gasteiger partial charge in [-0.25, -0.2) is 9.98 Å². The van der Waals surface area contributed by atoms with Crippen molar-refractivity contribution in [3.05, 3.63) is 53.2 Å². The number of aliphatic imine (C=N–C) groups is 1. The number of guanidine groups is 1. The monoisotopic (exact) mass is 368 g/mol. The van der Waals surface area contributed by atoms with Crippen molar-refractivity contribution in [3.8, 4) is 0 Å². The van der Waals surface area contributed by atoms with Crippen molar-refractivity contribution in [2.24, 2.45) is 10.9 Å². The molecule has 0 unspecified atom stereocenters. The van der Waals surface area contributed by atoms with Gasteiger partial charge in [-0.2, -0.15) is 0 Å². The predicted octanol–water partition coefficient (Wildman–Crippen LogP) is 4.32. The van der Waals surface area contributed by atoms with Crippen LogP contribution in [0.2, 0.25) is 0 Å². The topological polar surface area (TPSA) is 62.5 Å². The minimum atomic E-state index is 0.463. The van der Waals surface area contributed by atoms with Crippen molar-refractivity contribution in [3.63, 3.8) is 0 Å². The van der Waals surface area contributed by atoms with E-state index in [0.717, 1.165) is 36.4 Å². The molecular formula is C22H32N4O. The number of rotatable bonds is 6. The van der Waals surface area contributed by atoms with E-state index in [0.29, 0.717) is 18.4 Å². The van der Waals surface area contributed by atoms with E-state index in [-0.39, 0.29) is 0 Å². The van der Waals surface area contributed by atoms with Crippen molar-refractivity contribution >= 4 is 5.96 Å². The number of nitrogens with one attached hydrogen (secondary N) is 2. The maximum absolute atomic E-state index is 5.62. The summed E-state index contributed by atoms with van der Waals surface area (Å²) in [5.41, 5.74) is 2.43. The fourth-order valence-corrected chi connectivity index (χ4v) is 3.76. The number of aryl methyl sites for hydroxylation is 2. The lowest BCUT2D eigenvalue weighted by atomic mass is 9.79. The average molecular weight is 369 g/mol. The van der Waals surface area contributed by atoms with Crippen LogP contribution in [-0.4, -0.2) is 24.0 Å². The molecule has 0 saturated heterocycles. The molecule has 0 bridgehead atoms. The second kappa shape index (κ2) is 9.58. The molecule has 1 aliphatic carbocycles. The molecule has 0 aliphatic heterocycles. The number of aromatic nitrogens is 1. The second-order valence-electron chi connectivity index (χ2n) is 7.45. The lowest BCUT2D eigenvalue weighted by Crippen LogP contribution is -2.40. The SMILES string of the molecule is CCNC(=NCc1nc(C)c(C)o1)NCC1CCC(c2ccccc2)CC1. The molecule has 5 nitrogen and oxygen atoms in total. The summed E-state index contributed by atoms with van der Waals surface area (Å²) in [5, 5.41) is 6.82. The fraction of sp³-hybridized carbons (Fsp3) is 0.545. The number of hydrogen-bond acceptors (Lipinski definition) is 3. The van der Waals surface area contributed by atoms with E-state index in [1.54, 1.807) is 0 Å². The Balaban J connectivity index is 1.47. The van der Waals surface area contributed by atoms with E-state index in [1.165, 1.54) is 31.2 Å². The van der Waals surface area contributed by atoms with E-state index in [2.05, 4.69) is 57.9 Å². The zero-order valence-electron chi connectivity index (χ0n) is 16.8. The summed E-state index contributed by atoms with van der Waals surface area (Å²) in [5.74, 6) is 3.82. The third-order valence-electron chi connectivity index (χ3n) is 5.47. The Kier molecular flexibility index (Phi) is 6.91. The smallest absolute Gasteiger partial charge is 0.216 e. The van der Waals surface area contributed by atoms with Crippen LogP contribution in [0.3, 0.4) is 0 Å². The standard InChI is InChI=1S/C22H32N4O/c1-4-23-22(25-15-21-26-16(2)17(3)27-21)24-14-18-10-12-20(13-11-18)19-8-6-5-7-9-19/h5-9,18,20H,4,10-15H2,1-3H3,(H2,23,24,25). The minimum absolute atomic E-state index is 0.463. The highest BCUT2D eigenvalue weighted by molar-refractivity contribution is 5.79. The Morgan fingerprint density at radius 1 is 1.11 bits per heavy atom. The van der Waals surface area contributed by atoms with E-state index >= 15 is 0 Å². The third kappa shape index (κ3) is 5.59. The molecule has 0 atom stereocenters. The van der Waals surface area contributed by atoms with Gasteiger partial charge in [-0.15, -0.1) is 0 Å². The molecule has 1 fully saturated rings. The summed E-state index contributed by atoms with van der Waals surface area (Å²) in [4.78, 5) is 9.02. The molecule has 5 heteroatoms. The number of oxazole rings is 1. The Hall–Kier alpha value is -2.30. The highest BCUT2D eigenvalue weighted by Crippen LogP contribution is 2.35. The summed E-state index contributed by atoms with van der Waals surface area (Å²) in [6, 6.07) is 10.9. The lowest BCUT2D eigenvalue weighted by molar-refractivity contribution is 0.324. The maximum Gasteiger partial charge on any atom is 0.216 e. The van der Waals surface area contributed by atoms with Crippen LogP contribution in [-0.2, 0) is 6.54 Å². The van der Waals surface area contributed by atoms with Crippen LogP contribution in [0.5, 0.6) is 0 Å². The van der Waals surface area contributed by atoms with Gasteiger partial charge in [0.25, 0.3) is 0 Å². The highest BCUT2D eigenvalue weighted by Gasteiger charge is 2.22. The van der Waals surface area contributed by atoms with Gasteiger partial charge in [0.05, 0.1) is 5.69 Å². The van der Waals surface area contributed by atoms with Gasteiger partial charge in [0.15, 0.2) is 5.96 Å². The average Bonchev–Trinajstić information content (AvgIpc) is 3.03. The molecule has 146 valence electrons. The van der Waals surface area contributed by atoms with Crippen LogP contribution in [0.15, 0.2) is 39.7 Å². The van der Waals surface area contributed by atoms with Gasteiger partial charge in [0.2, 0.25) is 5.89 Å². The van der Waals surface area contributed by atoms with E-state index < -0.39 is 0 Å². The van der Waals surface area contributed by atoms with Crippen molar-refractivity contribution in [2.75, 3.05) is 13.1 Å². The largest absolute Gasteiger partial charge is 0.444 e. The molecule has 27 heavy (non-hydrogen) atoms. The molecule has 1 heterocycles. The first-order valence-electron chi connectivity index (χ1n) is 10.2. The van der Waals surface area contributed by atoms with Crippen molar-refractivity contribution < 1.29 is 4.42 Å². The van der Waals surface area contributed by atoms with Crippen LogP contribution in [0.25, 0.3) is 0 Å². The van der Waals surface area contributed by atoms with Gasteiger partial charge in [-0.3, -0.25) is 0 Å². The maximum atomic E-state index is 5.62. The minimum Gasteiger partial charge on any atom is -0.444 e. The van der Waals surface area contributed by atoms with Gasteiger partial charge in [0, 0.05) is 13.1 Å². The fourth-order valence-electron chi connectivity index (χ4n) is 3.76. The summed E-state index contributed by atoms with van der Waals surface area (Å²) in [7, 11) is 0. The molecule has 0 amide bonds. The van der Waals surface area contributed by atoms with E-state index in [9.17, 15) is 0 Å². The highest BCUT2D eigenvalue weighted by atomic mass is 16.4. The normalized spacial score (nSPS) is 20.5. The second-order valence-corrected chi connectivity index (χ2v) is 7.45. The molecule has 0 radical (unpaired) electrons. The van der Waals surface area contributed by atoms with Crippen molar-refractivity contribution in [1.82, 2.24) is 15.6 Å². The number of nitrogens with zero attached hydrogens (tertiary/aromatic N) is 2. The first kappa shape index (κ1) is 19.5. The van der Waals surface area contributed by atoms with Crippen LogP contribution in [0.1, 0.15) is 61.4 Å². The third-order valence-corrected chi connectivity index (χ3v) is 5.47. The predicted molar refractivity (Wildman–Crippen MR) is 110 cm³/mol. The zero-order chi connectivity index (χ0) is 19.1. The first-order chi connectivity index (χ1) is 13.2. The van der Waals surface area contributed by atoms with Crippen molar-refractivity contribution in [2.45, 2.75) is 58.9 Å².